The van der Waals surface area contributed by atoms with Crippen LogP contribution in [0.25, 0.3) is 0 Å². The largest absolute Gasteiger partial charge is 0.496 e. The molecule has 2 aromatic carbocycles. The summed E-state index contributed by atoms with van der Waals surface area (Å²) in [7, 11) is 1.65. The van der Waals surface area contributed by atoms with Gasteiger partial charge in [-0.15, -0.1) is 5.10 Å². The van der Waals surface area contributed by atoms with Crippen LogP contribution in [0.2, 0.25) is 0 Å². The van der Waals surface area contributed by atoms with Crippen molar-refractivity contribution in [3.05, 3.63) is 72.1 Å². The molecule has 0 radical (unpaired) electrons. The fourth-order valence-electron chi connectivity index (χ4n) is 3.42. The van der Waals surface area contributed by atoms with Gasteiger partial charge in [0.2, 0.25) is 5.91 Å². The number of carbonyl (C=O) groups excluding carboxylic acids is 1. The molecule has 1 fully saturated rings. The molecule has 1 aliphatic carbocycles. The average molecular weight is 377 g/mol. The van der Waals surface area contributed by atoms with E-state index in [0.29, 0.717) is 13.0 Å². The molecule has 1 atom stereocenters. The van der Waals surface area contributed by atoms with E-state index >= 15 is 0 Å². The first kappa shape index (κ1) is 18.2. The van der Waals surface area contributed by atoms with E-state index in [1.165, 1.54) is 6.33 Å². The molecule has 28 heavy (non-hydrogen) atoms. The van der Waals surface area contributed by atoms with Crippen molar-refractivity contribution in [3.8, 4) is 5.75 Å². The highest BCUT2D eigenvalue weighted by molar-refractivity contribution is 5.81. The third-order valence-electron chi connectivity index (χ3n) is 5.05. The SMILES string of the molecule is COc1ccccc1CN(C(=O)[C@@H](Cc1ccccc1)n1cnnn1)C1CC1. The topological polar surface area (TPSA) is 73.1 Å². The molecule has 1 saturated carbocycles. The molecule has 144 valence electrons. The van der Waals surface area contributed by atoms with Crippen LogP contribution in [0.1, 0.15) is 30.0 Å². The van der Waals surface area contributed by atoms with E-state index in [-0.39, 0.29) is 11.9 Å². The van der Waals surface area contributed by atoms with Crippen molar-refractivity contribution in [3.63, 3.8) is 0 Å². The number of amides is 1. The van der Waals surface area contributed by atoms with Gasteiger partial charge in [-0.1, -0.05) is 48.5 Å². The lowest BCUT2D eigenvalue weighted by atomic mass is 10.0. The normalized spacial score (nSPS) is 14.5. The Morgan fingerprint density at radius 1 is 1.18 bits per heavy atom. The van der Waals surface area contributed by atoms with Crippen molar-refractivity contribution in [2.45, 2.75) is 37.9 Å². The number of benzene rings is 2. The predicted octanol–water partition coefficient (Wildman–Crippen LogP) is 2.66. The maximum atomic E-state index is 13.6. The zero-order chi connectivity index (χ0) is 19.3. The number of para-hydroxylation sites is 1. The van der Waals surface area contributed by atoms with E-state index in [2.05, 4.69) is 15.5 Å². The number of aromatic nitrogens is 4. The summed E-state index contributed by atoms with van der Waals surface area (Å²) in [5.74, 6) is 0.826. The smallest absolute Gasteiger partial charge is 0.248 e. The third kappa shape index (κ3) is 4.03. The summed E-state index contributed by atoms with van der Waals surface area (Å²) < 4.78 is 7.04. The van der Waals surface area contributed by atoms with Gasteiger partial charge in [-0.2, -0.15) is 0 Å². The minimum Gasteiger partial charge on any atom is -0.496 e. The molecule has 1 aliphatic rings. The lowest BCUT2D eigenvalue weighted by molar-refractivity contribution is -0.136. The number of hydrogen-bond donors (Lipinski definition) is 0. The van der Waals surface area contributed by atoms with E-state index in [0.717, 1.165) is 29.7 Å². The van der Waals surface area contributed by atoms with Crippen LogP contribution in [-0.4, -0.2) is 44.2 Å². The maximum absolute atomic E-state index is 13.6. The average Bonchev–Trinajstić information content (AvgIpc) is 3.44. The van der Waals surface area contributed by atoms with Crippen LogP contribution in [0.3, 0.4) is 0 Å². The van der Waals surface area contributed by atoms with Gasteiger partial charge >= 0.3 is 0 Å². The summed E-state index contributed by atoms with van der Waals surface area (Å²) in [6.45, 7) is 0.515. The Morgan fingerprint density at radius 3 is 2.61 bits per heavy atom. The molecule has 3 aromatic rings. The van der Waals surface area contributed by atoms with Crippen LogP contribution in [0, 0.1) is 0 Å². The number of ether oxygens (including phenoxy) is 1. The van der Waals surface area contributed by atoms with Gasteiger partial charge in [-0.05, 0) is 34.9 Å². The molecule has 4 rings (SSSR count). The van der Waals surface area contributed by atoms with Gasteiger partial charge in [-0.25, -0.2) is 4.68 Å². The van der Waals surface area contributed by atoms with Gasteiger partial charge in [-0.3, -0.25) is 4.79 Å². The van der Waals surface area contributed by atoms with Crippen LogP contribution in [0.4, 0.5) is 0 Å². The molecule has 1 amide bonds. The van der Waals surface area contributed by atoms with Crippen LogP contribution in [0.5, 0.6) is 5.75 Å². The van der Waals surface area contributed by atoms with E-state index in [9.17, 15) is 4.79 Å². The molecule has 7 heteroatoms. The minimum atomic E-state index is -0.479. The van der Waals surface area contributed by atoms with Crippen molar-refractivity contribution in [2.24, 2.45) is 0 Å². The standard InChI is InChI=1S/C21H23N5O2/c1-28-20-10-6-5-9-17(20)14-25(18-11-12-18)21(27)19(26-15-22-23-24-26)13-16-7-3-2-4-8-16/h2-10,15,18-19H,11-14H2,1H3/t19-/m1/s1. The van der Waals surface area contributed by atoms with Crippen molar-refractivity contribution in [1.82, 2.24) is 25.1 Å². The first-order valence-corrected chi connectivity index (χ1v) is 9.45. The highest BCUT2D eigenvalue weighted by atomic mass is 16.5. The van der Waals surface area contributed by atoms with Crippen molar-refractivity contribution >= 4 is 5.91 Å². The summed E-state index contributed by atoms with van der Waals surface area (Å²) in [5.41, 5.74) is 2.07. The molecule has 0 bridgehead atoms. The van der Waals surface area contributed by atoms with E-state index < -0.39 is 6.04 Å². The summed E-state index contributed by atoms with van der Waals surface area (Å²) in [6, 6.07) is 17.6. The Labute approximate surface area is 163 Å². The molecule has 1 heterocycles. The number of nitrogens with zero attached hydrogens (tertiary/aromatic N) is 5. The Balaban J connectivity index is 1.61. The number of methoxy groups -OCH3 is 1. The van der Waals surface area contributed by atoms with Gasteiger partial charge in [0.1, 0.15) is 18.1 Å². The maximum Gasteiger partial charge on any atom is 0.248 e. The first-order chi connectivity index (χ1) is 13.8. The van der Waals surface area contributed by atoms with Gasteiger partial charge in [0.15, 0.2) is 0 Å². The minimum absolute atomic E-state index is 0.0320. The first-order valence-electron chi connectivity index (χ1n) is 9.45. The summed E-state index contributed by atoms with van der Waals surface area (Å²) in [4.78, 5) is 15.6. The van der Waals surface area contributed by atoms with Crippen molar-refractivity contribution in [2.75, 3.05) is 7.11 Å². The lowest BCUT2D eigenvalue weighted by Crippen LogP contribution is -2.39. The number of rotatable bonds is 8. The molecular weight excluding hydrogens is 354 g/mol. The highest BCUT2D eigenvalue weighted by Gasteiger charge is 2.37. The summed E-state index contributed by atoms with van der Waals surface area (Å²) >= 11 is 0. The molecule has 0 N–H and O–H groups in total. The van der Waals surface area contributed by atoms with Gasteiger partial charge in [0, 0.05) is 24.6 Å². The number of hydrogen-bond acceptors (Lipinski definition) is 5. The van der Waals surface area contributed by atoms with Gasteiger partial charge in [0.05, 0.1) is 7.11 Å². The molecule has 0 aliphatic heterocycles. The van der Waals surface area contributed by atoms with Gasteiger partial charge < -0.3 is 9.64 Å². The zero-order valence-electron chi connectivity index (χ0n) is 15.8. The third-order valence-corrected chi connectivity index (χ3v) is 5.05. The monoisotopic (exact) mass is 377 g/mol. The second-order valence-electron chi connectivity index (χ2n) is 7.00. The van der Waals surface area contributed by atoms with Crippen LogP contribution >= 0.6 is 0 Å². The number of carbonyl (C=O) groups is 1. The number of tetrazole rings is 1. The van der Waals surface area contributed by atoms with E-state index in [1.807, 2.05) is 59.5 Å². The Bertz CT molecular complexity index is 910. The lowest BCUT2D eigenvalue weighted by Gasteiger charge is -2.28. The molecule has 7 nitrogen and oxygen atoms in total. The van der Waals surface area contributed by atoms with Gasteiger partial charge in [0.25, 0.3) is 0 Å². The second-order valence-corrected chi connectivity index (χ2v) is 7.00. The molecule has 0 unspecified atom stereocenters. The Hall–Kier alpha value is -3.22. The van der Waals surface area contributed by atoms with Crippen LogP contribution in [0.15, 0.2) is 60.9 Å². The van der Waals surface area contributed by atoms with Crippen LogP contribution < -0.4 is 4.74 Å². The fraction of sp³-hybridized carbons (Fsp3) is 0.333. The fourth-order valence-corrected chi connectivity index (χ4v) is 3.42. The quantitative estimate of drug-likeness (QED) is 0.603. The molecular formula is C21H23N5O2. The van der Waals surface area contributed by atoms with Crippen molar-refractivity contribution < 1.29 is 9.53 Å². The summed E-state index contributed by atoms with van der Waals surface area (Å²) in [5, 5.41) is 11.5. The summed E-state index contributed by atoms with van der Waals surface area (Å²) in [6.07, 6.45) is 4.10. The predicted molar refractivity (Wildman–Crippen MR) is 104 cm³/mol. The zero-order valence-corrected chi connectivity index (χ0v) is 15.8. The van der Waals surface area contributed by atoms with Crippen molar-refractivity contribution in [1.29, 1.82) is 0 Å². The van der Waals surface area contributed by atoms with E-state index in [1.54, 1.807) is 11.8 Å². The second kappa shape index (κ2) is 8.21. The Kier molecular flexibility index (Phi) is 5.32. The molecule has 0 spiro atoms. The Morgan fingerprint density at radius 2 is 1.93 bits per heavy atom. The van der Waals surface area contributed by atoms with E-state index in [4.69, 9.17) is 4.74 Å². The molecule has 1 aromatic heterocycles. The van der Waals surface area contributed by atoms with Crippen LogP contribution in [-0.2, 0) is 17.8 Å². The highest BCUT2D eigenvalue weighted by Crippen LogP contribution is 2.32. The molecule has 0 saturated heterocycles.